The summed E-state index contributed by atoms with van der Waals surface area (Å²) in [6.07, 6.45) is 3.43. The largest absolute Gasteiger partial charge is 0.481 e. The molecule has 0 aliphatic carbocycles. The summed E-state index contributed by atoms with van der Waals surface area (Å²) in [5, 5.41) is 8.53. The van der Waals surface area contributed by atoms with E-state index in [0.717, 1.165) is 32.4 Å². The molecule has 0 saturated carbocycles. The number of nitrogens with zero attached hydrogens (tertiary/aromatic N) is 1. The molecule has 1 aliphatic rings. The molecule has 0 spiro atoms. The summed E-state index contributed by atoms with van der Waals surface area (Å²) >= 11 is 0. The minimum Gasteiger partial charge on any atom is -0.481 e. The van der Waals surface area contributed by atoms with Gasteiger partial charge in [0.2, 0.25) is 5.91 Å². The number of amides is 1. The first-order chi connectivity index (χ1) is 9.02. The average Bonchev–Trinajstić information content (AvgIpc) is 2.38. The molecule has 1 rings (SSSR count). The zero-order valence-electron chi connectivity index (χ0n) is 11.9. The maximum Gasteiger partial charge on any atom is 0.305 e. The van der Waals surface area contributed by atoms with Crippen LogP contribution in [0.3, 0.4) is 0 Å². The van der Waals surface area contributed by atoms with Crippen molar-refractivity contribution >= 4 is 11.9 Å². The Labute approximate surface area is 114 Å². The number of ether oxygens (including phenoxy) is 1. The number of carbonyl (C=O) groups excluding carboxylic acids is 1. The van der Waals surface area contributed by atoms with Crippen LogP contribution in [0.2, 0.25) is 0 Å². The highest BCUT2D eigenvalue weighted by atomic mass is 16.5. The molecule has 0 aromatic carbocycles. The van der Waals surface area contributed by atoms with E-state index in [1.807, 2.05) is 4.90 Å². The van der Waals surface area contributed by atoms with Crippen LogP contribution in [0.15, 0.2) is 0 Å². The summed E-state index contributed by atoms with van der Waals surface area (Å²) in [6, 6.07) is 0. The zero-order valence-corrected chi connectivity index (χ0v) is 11.9. The third-order valence-electron chi connectivity index (χ3n) is 3.68. The lowest BCUT2D eigenvalue weighted by Gasteiger charge is -2.32. The molecule has 1 heterocycles. The maximum absolute atomic E-state index is 12.0. The number of carbonyl (C=O) groups is 2. The van der Waals surface area contributed by atoms with E-state index in [0.29, 0.717) is 12.3 Å². The number of hydrogen-bond acceptors (Lipinski definition) is 3. The van der Waals surface area contributed by atoms with Gasteiger partial charge in [-0.3, -0.25) is 9.59 Å². The molecule has 19 heavy (non-hydrogen) atoms. The second kappa shape index (κ2) is 8.15. The monoisotopic (exact) mass is 271 g/mol. The van der Waals surface area contributed by atoms with E-state index in [-0.39, 0.29) is 25.0 Å². The third kappa shape index (κ3) is 6.05. The van der Waals surface area contributed by atoms with Crippen molar-refractivity contribution in [1.29, 1.82) is 0 Å². The van der Waals surface area contributed by atoms with Gasteiger partial charge in [0.25, 0.3) is 0 Å². The van der Waals surface area contributed by atoms with E-state index in [9.17, 15) is 9.59 Å². The number of rotatable bonds is 7. The van der Waals surface area contributed by atoms with Gasteiger partial charge in [0.1, 0.15) is 0 Å². The quantitative estimate of drug-likeness (QED) is 0.768. The Morgan fingerprint density at radius 3 is 2.53 bits per heavy atom. The number of likely N-dealkylation sites (tertiary alicyclic amines) is 1. The first kappa shape index (κ1) is 16.0. The number of carboxylic acids is 1. The minimum atomic E-state index is -0.832. The van der Waals surface area contributed by atoms with Crippen molar-refractivity contribution in [2.75, 3.05) is 19.7 Å². The molecule has 5 heteroatoms. The lowest BCUT2D eigenvalue weighted by atomic mass is 10.0. The summed E-state index contributed by atoms with van der Waals surface area (Å²) in [5.41, 5.74) is 0. The molecule has 5 nitrogen and oxygen atoms in total. The zero-order chi connectivity index (χ0) is 14.3. The first-order valence-electron chi connectivity index (χ1n) is 7.14. The van der Waals surface area contributed by atoms with Crippen molar-refractivity contribution < 1.29 is 19.4 Å². The summed E-state index contributed by atoms with van der Waals surface area (Å²) in [6.45, 7) is 5.92. The van der Waals surface area contributed by atoms with Crippen LogP contribution >= 0.6 is 0 Å². The van der Waals surface area contributed by atoms with Crippen LogP contribution in [-0.4, -0.2) is 47.7 Å². The van der Waals surface area contributed by atoms with Gasteiger partial charge in [-0.25, -0.2) is 0 Å². The van der Waals surface area contributed by atoms with Crippen LogP contribution in [-0.2, 0) is 14.3 Å². The van der Waals surface area contributed by atoms with Gasteiger partial charge in [-0.1, -0.05) is 20.3 Å². The standard InChI is InChI=1S/C14H25NO4/c1-3-11(2)10-13(16)15-7-4-12(5-8-15)19-9-6-14(17)18/h11-12H,3-10H2,1-2H3,(H,17,18). The Kier molecular flexibility index (Phi) is 6.84. The third-order valence-corrected chi connectivity index (χ3v) is 3.68. The van der Waals surface area contributed by atoms with Crippen molar-refractivity contribution in [1.82, 2.24) is 4.90 Å². The van der Waals surface area contributed by atoms with Gasteiger partial charge in [-0.2, -0.15) is 0 Å². The summed E-state index contributed by atoms with van der Waals surface area (Å²) < 4.78 is 5.51. The van der Waals surface area contributed by atoms with Gasteiger partial charge in [0.15, 0.2) is 0 Å². The summed E-state index contributed by atoms with van der Waals surface area (Å²) in [7, 11) is 0. The molecular weight excluding hydrogens is 246 g/mol. The van der Waals surface area contributed by atoms with Crippen molar-refractivity contribution in [2.24, 2.45) is 5.92 Å². The van der Waals surface area contributed by atoms with Crippen LogP contribution in [0.25, 0.3) is 0 Å². The van der Waals surface area contributed by atoms with Crippen LogP contribution in [0.1, 0.15) is 46.0 Å². The SMILES string of the molecule is CCC(C)CC(=O)N1CCC(OCCC(=O)O)CC1. The van der Waals surface area contributed by atoms with Gasteiger partial charge in [-0.15, -0.1) is 0 Å². The lowest BCUT2D eigenvalue weighted by molar-refractivity contribution is -0.139. The average molecular weight is 271 g/mol. The van der Waals surface area contributed by atoms with Gasteiger partial charge in [-0.05, 0) is 18.8 Å². The molecule has 1 saturated heterocycles. The Morgan fingerprint density at radius 2 is 2.00 bits per heavy atom. The lowest BCUT2D eigenvalue weighted by Crippen LogP contribution is -2.41. The molecule has 1 unspecified atom stereocenters. The fourth-order valence-electron chi connectivity index (χ4n) is 2.16. The molecule has 110 valence electrons. The first-order valence-corrected chi connectivity index (χ1v) is 7.14. The fraction of sp³-hybridized carbons (Fsp3) is 0.857. The summed E-state index contributed by atoms with van der Waals surface area (Å²) in [4.78, 5) is 24.3. The molecule has 1 N–H and O–H groups in total. The number of carboxylic acid groups (broad SMARTS) is 1. The van der Waals surface area contributed by atoms with E-state index in [1.54, 1.807) is 0 Å². The van der Waals surface area contributed by atoms with Gasteiger partial charge >= 0.3 is 5.97 Å². The number of aliphatic carboxylic acids is 1. The second-order valence-electron chi connectivity index (χ2n) is 5.31. The predicted molar refractivity (Wildman–Crippen MR) is 71.9 cm³/mol. The van der Waals surface area contributed by atoms with Crippen LogP contribution < -0.4 is 0 Å². The summed E-state index contributed by atoms with van der Waals surface area (Å²) in [5.74, 6) is -0.156. The molecule has 0 aromatic rings. The molecule has 0 bridgehead atoms. The highest BCUT2D eigenvalue weighted by Crippen LogP contribution is 2.17. The highest BCUT2D eigenvalue weighted by Gasteiger charge is 2.23. The van der Waals surface area contributed by atoms with Gasteiger partial charge < -0.3 is 14.7 Å². The van der Waals surface area contributed by atoms with Gasteiger partial charge in [0.05, 0.1) is 19.1 Å². The Bertz CT molecular complexity index is 298. The van der Waals surface area contributed by atoms with Crippen LogP contribution in [0.4, 0.5) is 0 Å². The normalized spacial score (nSPS) is 18.3. The molecule has 1 aliphatic heterocycles. The Morgan fingerprint density at radius 1 is 1.37 bits per heavy atom. The van der Waals surface area contributed by atoms with E-state index in [2.05, 4.69) is 13.8 Å². The van der Waals surface area contributed by atoms with Crippen molar-refractivity contribution in [3.63, 3.8) is 0 Å². The van der Waals surface area contributed by atoms with Gasteiger partial charge in [0, 0.05) is 19.5 Å². The molecule has 1 fully saturated rings. The smallest absolute Gasteiger partial charge is 0.305 e. The molecule has 0 radical (unpaired) electrons. The maximum atomic E-state index is 12.0. The fourth-order valence-corrected chi connectivity index (χ4v) is 2.16. The Hall–Kier alpha value is -1.10. The van der Waals surface area contributed by atoms with E-state index < -0.39 is 5.97 Å². The van der Waals surface area contributed by atoms with Crippen molar-refractivity contribution in [3.8, 4) is 0 Å². The van der Waals surface area contributed by atoms with Crippen molar-refractivity contribution in [3.05, 3.63) is 0 Å². The molecule has 0 aromatic heterocycles. The van der Waals surface area contributed by atoms with E-state index >= 15 is 0 Å². The highest BCUT2D eigenvalue weighted by molar-refractivity contribution is 5.76. The molecular formula is C14H25NO4. The predicted octanol–water partition coefficient (Wildman–Crippen LogP) is 1.90. The number of piperidine rings is 1. The van der Waals surface area contributed by atoms with Crippen molar-refractivity contribution in [2.45, 2.75) is 52.1 Å². The Balaban J connectivity index is 2.21. The molecule has 1 atom stereocenters. The van der Waals surface area contributed by atoms with E-state index in [4.69, 9.17) is 9.84 Å². The van der Waals surface area contributed by atoms with E-state index in [1.165, 1.54) is 0 Å². The topological polar surface area (TPSA) is 66.8 Å². The second-order valence-corrected chi connectivity index (χ2v) is 5.31. The number of hydrogen-bond donors (Lipinski definition) is 1. The molecule has 1 amide bonds. The minimum absolute atomic E-state index is 0.0488. The van der Waals surface area contributed by atoms with Crippen LogP contribution in [0.5, 0.6) is 0 Å². The van der Waals surface area contributed by atoms with Crippen LogP contribution in [0, 0.1) is 5.92 Å².